The summed E-state index contributed by atoms with van der Waals surface area (Å²) >= 11 is 0. The largest absolute Gasteiger partial charge is 0.458 e. The van der Waals surface area contributed by atoms with Crippen LogP contribution < -0.4 is 9.47 Å². The summed E-state index contributed by atoms with van der Waals surface area (Å²) in [5.41, 5.74) is 8.04. The maximum Gasteiger partial charge on any atom is 0.338 e. The van der Waals surface area contributed by atoms with Gasteiger partial charge in [0.2, 0.25) is 0 Å². The van der Waals surface area contributed by atoms with Crippen molar-refractivity contribution in [1.82, 2.24) is 0 Å². The van der Waals surface area contributed by atoms with E-state index in [0.29, 0.717) is 18.4 Å². The lowest BCUT2D eigenvalue weighted by Gasteiger charge is -2.14. The van der Waals surface area contributed by atoms with Crippen LogP contribution in [0.25, 0.3) is 22.3 Å². The Morgan fingerprint density at radius 2 is 1.20 bits per heavy atom. The van der Waals surface area contributed by atoms with Crippen molar-refractivity contribution in [3.05, 3.63) is 108 Å². The molecule has 0 radical (unpaired) electrons. The van der Waals surface area contributed by atoms with Gasteiger partial charge in [-0.3, -0.25) is 0 Å². The third kappa shape index (κ3) is 6.29. The summed E-state index contributed by atoms with van der Waals surface area (Å²) in [4.78, 5) is 36.3. The first-order chi connectivity index (χ1) is 18.9. The van der Waals surface area contributed by atoms with E-state index in [1.54, 1.807) is 32.9 Å². The molecule has 1 aliphatic carbocycles. The second kappa shape index (κ2) is 11.6. The Bertz CT molecular complexity index is 1580. The maximum absolute atomic E-state index is 12.3. The highest BCUT2D eigenvalue weighted by atomic mass is 16.6. The molecular weight excluding hydrogens is 504 g/mol. The van der Waals surface area contributed by atoms with E-state index < -0.39 is 11.9 Å². The minimum Gasteiger partial charge on any atom is -0.458 e. The molecule has 0 saturated carbocycles. The summed E-state index contributed by atoms with van der Waals surface area (Å²) in [6.07, 6.45) is 1.19. The molecule has 1 atom stereocenters. The topological polar surface area (TPSA) is 78.9 Å². The highest BCUT2D eigenvalue weighted by Gasteiger charge is 2.25. The molecule has 0 N–H and O–H groups in total. The van der Waals surface area contributed by atoms with Gasteiger partial charge in [0.15, 0.2) is 11.5 Å². The molecule has 0 heterocycles. The first-order valence-corrected chi connectivity index (χ1v) is 12.9. The van der Waals surface area contributed by atoms with Crippen LogP contribution in [0.1, 0.15) is 37.5 Å². The lowest BCUT2D eigenvalue weighted by atomic mass is 9.94. The van der Waals surface area contributed by atoms with Gasteiger partial charge in [0.25, 0.3) is 0 Å². The number of aryl methyl sites for hydroxylation is 1. The lowest BCUT2D eigenvalue weighted by Crippen LogP contribution is -2.18. The van der Waals surface area contributed by atoms with Gasteiger partial charge in [0.05, 0.1) is 0 Å². The zero-order valence-corrected chi connectivity index (χ0v) is 23.3. The monoisotopic (exact) mass is 536 g/mol. The molecule has 0 bridgehead atoms. The Kier molecular flexibility index (Phi) is 8.19. The van der Waals surface area contributed by atoms with E-state index in [4.69, 9.17) is 14.2 Å². The maximum atomic E-state index is 12.3. The minimum atomic E-state index is -0.620. The van der Waals surface area contributed by atoms with Gasteiger partial charge < -0.3 is 14.2 Å². The Labute approximate surface area is 234 Å². The number of benzene rings is 3. The molecule has 1 aliphatic rings. The Balaban J connectivity index is 1.60. The third-order valence-electron chi connectivity index (χ3n) is 6.64. The van der Waals surface area contributed by atoms with Crippen LogP contribution in [0.5, 0.6) is 11.5 Å². The number of ether oxygens (including phenoxy) is 3. The lowest BCUT2D eigenvalue weighted by molar-refractivity contribution is -0.143. The van der Waals surface area contributed by atoms with E-state index in [2.05, 4.69) is 44.0 Å². The van der Waals surface area contributed by atoms with Gasteiger partial charge in [-0.2, -0.15) is 0 Å². The van der Waals surface area contributed by atoms with Gasteiger partial charge in [-0.1, -0.05) is 62.2 Å². The average molecular weight is 537 g/mol. The first-order valence-electron chi connectivity index (χ1n) is 12.9. The van der Waals surface area contributed by atoms with Crippen molar-refractivity contribution in [2.45, 2.75) is 46.6 Å². The fourth-order valence-electron chi connectivity index (χ4n) is 4.47. The van der Waals surface area contributed by atoms with Crippen molar-refractivity contribution >= 4 is 17.9 Å². The zero-order chi connectivity index (χ0) is 29.1. The van der Waals surface area contributed by atoms with Gasteiger partial charge in [-0.05, 0) is 78.8 Å². The number of carbonyl (C=O) groups is 3. The summed E-state index contributed by atoms with van der Waals surface area (Å²) in [6.45, 7) is 17.6. The quantitative estimate of drug-likeness (QED) is 0.177. The predicted octanol–water partition coefficient (Wildman–Crippen LogP) is 6.88. The second-order valence-electron chi connectivity index (χ2n) is 10.2. The predicted molar refractivity (Wildman–Crippen MR) is 155 cm³/mol. The van der Waals surface area contributed by atoms with E-state index in [1.165, 1.54) is 11.1 Å². The van der Waals surface area contributed by atoms with Gasteiger partial charge in [0, 0.05) is 29.6 Å². The summed E-state index contributed by atoms with van der Waals surface area (Å²) in [5, 5.41) is 0. The highest BCUT2D eigenvalue weighted by molar-refractivity contribution is 5.91. The number of esters is 3. The number of rotatable bonds is 8. The molecule has 0 aliphatic heterocycles. The highest BCUT2D eigenvalue weighted by Crippen LogP contribution is 2.37. The summed E-state index contributed by atoms with van der Waals surface area (Å²) in [5.74, 6) is -1.36. The molecule has 0 spiro atoms. The number of carbonyl (C=O) groups excluding carboxylic acids is 3. The third-order valence-corrected chi connectivity index (χ3v) is 6.64. The standard InChI is InChI=1S/C34H32O6/c1-19(2)32(35)38-28-16-25-9-8-24(15-27(25)17-28)23-10-12-29(22(7)14-23)26-11-13-30(39-33(36)20(3)4)31(18-26)40-34(37)21(5)6/h8-15,18,28H,1,3,5,16-17H2,2,4,6-7H3. The van der Waals surface area contributed by atoms with E-state index in [-0.39, 0.29) is 34.7 Å². The molecule has 1 unspecified atom stereocenters. The smallest absolute Gasteiger partial charge is 0.338 e. The van der Waals surface area contributed by atoms with E-state index >= 15 is 0 Å². The zero-order valence-electron chi connectivity index (χ0n) is 23.3. The van der Waals surface area contributed by atoms with E-state index in [0.717, 1.165) is 27.8 Å². The van der Waals surface area contributed by atoms with Gasteiger partial charge in [-0.25, -0.2) is 14.4 Å². The summed E-state index contributed by atoms with van der Waals surface area (Å²) < 4.78 is 16.4. The number of hydrogen-bond donors (Lipinski definition) is 0. The van der Waals surface area contributed by atoms with Crippen molar-refractivity contribution < 1.29 is 28.6 Å². The molecule has 6 nitrogen and oxygen atoms in total. The normalized spacial score (nSPS) is 13.7. The number of fused-ring (bicyclic) bond motifs is 1. The molecule has 3 aromatic rings. The van der Waals surface area contributed by atoms with Gasteiger partial charge in [-0.15, -0.1) is 0 Å². The molecule has 0 fully saturated rings. The van der Waals surface area contributed by atoms with Crippen LogP contribution in [-0.4, -0.2) is 24.0 Å². The molecule has 0 saturated heterocycles. The van der Waals surface area contributed by atoms with E-state index in [1.807, 2.05) is 25.1 Å². The Morgan fingerprint density at radius 1 is 0.650 bits per heavy atom. The summed E-state index contributed by atoms with van der Waals surface area (Å²) in [7, 11) is 0. The molecule has 40 heavy (non-hydrogen) atoms. The fraction of sp³-hybridized carbons (Fsp3) is 0.206. The molecule has 0 amide bonds. The summed E-state index contributed by atoms with van der Waals surface area (Å²) in [6, 6.07) is 17.5. The first kappa shape index (κ1) is 28.3. The molecule has 204 valence electrons. The van der Waals surface area contributed by atoms with Crippen molar-refractivity contribution in [2.24, 2.45) is 0 Å². The molecule has 0 aromatic heterocycles. The average Bonchev–Trinajstić information content (AvgIpc) is 3.30. The Morgan fingerprint density at radius 3 is 1.82 bits per heavy atom. The fourth-order valence-corrected chi connectivity index (χ4v) is 4.47. The van der Waals surface area contributed by atoms with Crippen LogP contribution in [0.3, 0.4) is 0 Å². The number of hydrogen-bond acceptors (Lipinski definition) is 6. The van der Waals surface area contributed by atoms with Crippen LogP contribution in [0.4, 0.5) is 0 Å². The van der Waals surface area contributed by atoms with Crippen molar-refractivity contribution in [3.63, 3.8) is 0 Å². The van der Waals surface area contributed by atoms with Gasteiger partial charge in [0.1, 0.15) is 6.10 Å². The molecular formula is C34H32O6. The SMILES string of the molecule is C=C(C)C(=O)Oc1ccc(-c2ccc(-c3ccc4c(c3)CC(OC(=O)C(=C)C)C4)cc2C)cc1OC(=O)C(=C)C. The molecule has 6 heteroatoms. The van der Waals surface area contributed by atoms with Crippen LogP contribution in [0.2, 0.25) is 0 Å². The molecule has 3 aromatic carbocycles. The van der Waals surface area contributed by atoms with Gasteiger partial charge >= 0.3 is 17.9 Å². The van der Waals surface area contributed by atoms with Crippen LogP contribution in [0, 0.1) is 6.92 Å². The molecule has 4 rings (SSSR count). The van der Waals surface area contributed by atoms with Crippen molar-refractivity contribution in [1.29, 1.82) is 0 Å². The second-order valence-corrected chi connectivity index (χ2v) is 10.2. The van der Waals surface area contributed by atoms with Crippen LogP contribution in [0.15, 0.2) is 91.1 Å². The van der Waals surface area contributed by atoms with Crippen molar-refractivity contribution in [3.8, 4) is 33.8 Å². The van der Waals surface area contributed by atoms with Crippen molar-refractivity contribution in [2.75, 3.05) is 0 Å². The minimum absolute atomic E-state index is 0.115. The van der Waals surface area contributed by atoms with Crippen LogP contribution >= 0.6 is 0 Å². The Hall–Kier alpha value is -4.71. The van der Waals surface area contributed by atoms with Crippen LogP contribution in [-0.2, 0) is 32.0 Å². The van der Waals surface area contributed by atoms with E-state index in [9.17, 15) is 14.4 Å².